The van der Waals surface area contributed by atoms with Gasteiger partial charge in [-0.05, 0) is 29.8 Å². The Balaban J connectivity index is 1.55. The lowest BCUT2D eigenvalue weighted by atomic mass is 10.2. The Morgan fingerprint density at radius 2 is 1.72 bits per heavy atom. The number of piperazine rings is 1. The number of nitro benzene ring substituents is 1. The van der Waals surface area contributed by atoms with E-state index in [1.165, 1.54) is 18.2 Å². The highest BCUT2D eigenvalue weighted by Gasteiger charge is 2.20. The molecule has 1 aliphatic heterocycles. The second-order valence-electron chi connectivity index (χ2n) is 5.54. The van der Waals surface area contributed by atoms with Gasteiger partial charge in [0.25, 0.3) is 5.69 Å². The van der Waals surface area contributed by atoms with Crippen LogP contribution in [0.15, 0.2) is 48.8 Å². The van der Waals surface area contributed by atoms with Gasteiger partial charge in [0.05, 0.1) is 4.92 Å². The van der Waals surface area contributed by atoms with E-state index in [2.05, 4.69) is 9.97 Å². The van der Waals surface area contributed by atoms with Gasteiger partial charge in [0, 0.05) is 56.8 Å². The van der Waals surface area contributed by atoms with Crippen molar-refractivity contribution in [3.63, 3.8) is 0 Å². The van der Waals surface area contributed by atoms with Gasteiger partial charge in [-0.15, -0.1) is 0 Å². The van der Waals surface area contributed by atoms with E-state index in [-0.39, 0.29) is 11.6 Å². The van der Waals surface area contributed by atoms with Gasteiger partial charge >= 0.3 is 0 Å². The molecular weight excluding hydrogens is 322 g/mol. The molecule has 8 heteroatoms. The number of benzene rings is 1. The number of hydrogen-bond acceptors (Lipinski definition) is 6. The minimum absolute atomic E-state index is 0.0303. The summed E-state index contributed by atoms with van der Waals surface area (Å²) in [4.78, 5) is 34.7. The molecule has 2 heterocycles. The van der Waals surface area contributed by atoms with Crippen molar-refractivity contribution in [3.8, 4) is 0 Å². The van der Waals surface area contributed by atoms with E-state index in [0.717, 1.165) is 5.56 Å². The Morgan fingerprint density at radius 1 is 1.08 bits per heavy atom. The van der Waals surface area contributed by atoms with Crippen LogP contribution < -0.4 is 4.90 Å². The van der Waals surface area contributed by atoms with Crippen LogP contribution in [0.5, 0.6) is 0 Å². The summed E-state index contributed by atoms with van der Waals surface area (Å²) in [5.74, 6) is 0.600. The molecule has 25 heavy (non-hydrogen) atoms. The SMILES string of the molecule is O=C(/C=C/c1ccc([N+](=O)[O-])cc1)N1CCN(c2ncccn2)CC1. The normalized spacial score (nSPS) is 14.7. The van der Waals surface area contributed by atoms with Gasteiger partial charge in [-0.1, -0.05) is 0 Å². The summed E-state index contributed by atoms with van der Waals surface area (Å²) in [6, 6.07) is 7.84. The van der Waals surface area contributed by atoms with Gasteiger partial charge in [0.2, 0.25) is 11.9 Å². The molecule has 0 unspecified atom stereocenters. The van der Waals surface area contributed by atoms with Crippen LogP contribution in [0.1, 0.15) is 5.56 Å². The van der Waals surface area contributed by atoms with E-state index < -0.39 is 4.92 Å². The Labute approximate surface area is 144 Å². The number of nitrogens with zero attached hydrogens (tertiary/aromatic N) is 5. The molecule has 0 saturated carbocycles. The average Bonchev–Trinajstić information content (AvgIpc) is 2.67. The maximum Gasteiger partial charge on any atom is 0.269 e. The minimum Gasteiger partial charge on any atom is -0.337 e. The molecule has 0 N–H and O–H groups in total. The van der Waals surface area contributed by atoms with Crippen molar-refractivity contribution in [2.45, 2.75) is 0 Å². The van der Waals surface area contributed by atoms with Crippen LogP contribution in [-0.4, -0.2) is 51.9 Å². The summed E-state index contributed by atoms with van der Waals surface area (Å²) in [6.45, 7) is 2.56. The molecule has 3 rings (SSSR count). The molecule has 1 aromatic carbocycles. The fourth-order valence-corrected chi connectivity index (χ4v) is 2.56. The van der Waals surface area contributed by atoms with Gasteiger partial charge in [-0.3, -0.25) is 14.9 Å². The first-order valence-electron chi connectivity index (χ1n) is 7.87. The molecule has 2 aromatic rings. The molecule has 8 nitrogen and oxygen atoms in total. The van der Waals surface area contributed by atoms with Crippen molar-refractivity contribution in [1.29, 1.82) is 0 Å². The summed E-state index contributed by atoms with van der Waals surface area (Å²) in [5.41, 5.74) is 0.776. The predicted octanol–water partition coefficient (Wildman–Crippen LogP) is 1.75. The van der Waals surface area contributed by atoms with Crippen LogP contribution in [0.3, 0.4) is 0 Å². The Morgan fingerprint density at radius 3 is 2.32 bits per heavy atom. The third-order valence-corrected chi connectivity index (χ3v) is 3.95. The molecule has 0 bridgehead atoms. The number of nitro groups is 1. The molecule has 1 aromatic heterocycles. The van der Waals surface area contributed by atoms with E-state index in [1.807, 2.05) is 4.90 Å². The van der Waals surface area contributed by atoms with Crippen LogP contribution in [0.25, 0.3) is 6.08 Å². The van der Waals surface area contributed by atoms with Gasteiger partial charge in [0.1, 0.15) is 0 Å². The summed E-state index contributed by atoms with van der Waals surface area (Å²) in [5, 5.41) is 10.6. The first kappa shape index (κ1) is 16.6. The number of carbonyl (C=O) groups is 1. The number of hydrogen-bond donors (Lipinski definition) is 0. The second-order valence-corrected chi connectivity index (χ2v) is 5.54. The lowest BCUT2D eigenvalue weighted by Gasteiger charge is -2.34. The number of anilines is 1. The maximum atomic E-state index is 12.3. The van der Waals surface area contributed by atoms with E-state index in [4.69, 9.17) is 0 Å². The second kappa shape index (κ2) is 7.52. The average molecular weight is 339 g/mol. The molecule has 0 radical (unpaired) electrons. The molecule has 1 amide bonds. The van der Waals surface area contributed by atoms with Crippen molar-refractivity contribution < 1.29 is 9.72 Å². The quantitative estimate of drug-likeness (QED) is 0.479. The lowest BCUT2D eigenvalue weighted by Crippen LogP contribution is -2.48. The van der Waals surface area contributed by atoms with Gasteiger partial charge in [-0.2, -0.15) is 0 Å². The topological polar surface area (TPSA) is 92.5 Å². The van der Waals surface area contributed by atoms with Gasteiger partial charge in [-0.25, -0.2) is 9.97 Å². The lowest BCUT2D eigenvalue weighted by molar-refractivity contribution is -0.384. The molecule has 1 saturated heterocycles. The van der Waals surface area contributed by atoms with Crippen LogP contribution in [0.4, 0.5) is 11.6 Å². The summed E-state index contributed by atoms with van der Waals surface area (Å²) < 4.78 is 0. The smallest absolute Gasteiger partial charge is 0.269 e. The minimum atomic E-state index is -0.450. The van der Waals surface area contributed by atoms with Crippen LogP contribution in [0.2, 0.25) is 0 Å². The molecule has 1 aliphatic rings. The zero-order valence-electron chi connectivity index (χ0n) is 13.5. The third kappa shape index (κ3) is 4.17. The van der Waals surface area contributed by atoms with E-state index in [0.29, 0.717) is 32.1 Å². The standard InChI is InChI=1S/C17H17N5O3/c23-16(7-4-14-2-5-15(6-3-14)22(24)25)20-10-12-21(13-11-20)17-18-8-1-9-19-17/h1-9H,10-13H2/b7-4+. The molecule has 0 spiro atoms. The first-order valence-corrected chi connectivity index (χ1v) is 7.87. The van der Waals surface area contributed by atoms with Crippen molar-refractivity contribution in [3.05, 3.63) is 64.5 Å². The Bertz CT molecular complexity index is 769. The summed E-state index contributed by atoms with van der Waals surface area (Å²) in [6.07, 6.45) is 6.56. The molecular formula is C17H17N5O3. The summed E-state index contributed by atoms with van der Waals surface area (Å²) in [7, 11) is 0. The van der Waals surface area contributed by atoms with Crippen LogP contribution in [0, 0.1) is 10.1 Å². The van der Waals surface area contributed by atoms with Crippen LogP contribution in [-0.2, 0) is 4.79 Å². The zero-order chi connectivity index (χ0) is 17.6. The molecule has 1 fully saturated rings. The Kier molecular flexibility index (Phi) is 4.98. The van der Waals surface area contributed by atoms with Gasteiger partial charge < -0.3 is 9.80 Å². The predicted molar refractivity (Wildman–Crippen MR) is 93.0 cm³/mol. The summed E-state index contributed by atoms with van der Waals surface area (Å²) >= 11 is 0. The van der Waals surface area contributed by atoms with E-state index >= 15 is 0 Å². The molecule has 128 valence electrons. The highest BCUT2D eigenvalue weighted by molar-refractivity contribution is 5.92. The van der Waals surface area contributed by atoms with E-state index in [1.54, 1.807) is 41.6 Å². The number of aromatic nitrogens is 2. The fourth-order valence-electron chi connectivity index (χ4n) is 2.56. The van der Waals surface area contributed by atoms with Crippen molar-refractivity contribution >= 4 is 23.6 Å². The highest BCUT2D eigenvalue weighted by atomic mass is 16.6. The van der Waals surface area contributed by atoms with Crippen molar-refractivity contribution in [2.24, 2.45) is 0 Å². The number of non-ortho nitro benzene ring substituents is 1. The maximum absolute atomic E-state index is 12.3. The number of carbonyl (C=O) groups excluding carboxylic acids is 1. The molecule has 0 aliphatic carbocycles. The first-order chi connectivity index (χ1) is 12.1. The van der Waals surface area contributed by atoms with Gasteiger partial charge in [0.15, 0.2) is 0 Å². The zero-order valence-corrected chi connectivity index (χ0v) is 13.5. The fraction of sp³-hybridized carbons (Fsp3) is 0.235. The monoisotopic (exact) mass is 339 g/mol. The Hall–Kier alpha value is -3.29. The number of amides is 1. The van der Waals surface area contributed by atoms with Crippen molar-refractivity contribution in [2.75, 3.05) is 31.1 Å². The third-order valence-electron chi connectivity index (χ3n) is 3.95. The van der Waals surface area contributed by atoms with Crippen molar-refractivity contribution in [1.82, 2.24) is 14.9 Å². The molecule has 0 atom stereocenters. The number of rotatable bonds is 4. The largest absolute Gasteiger partial charge is 0.337 e. The highest BCUT2D eigenvalue weighted by Crippen LogP contribution is 2.14. The van der Waals surface area contributed by atoms with Crippen LogP contribution >= 0.6 is 0 Å². The van der Waals surface area contributed by atoms with E-state index in [9.17, 15) is 14.9 Å².